The molecule has 2 aromatic carbocycles. The summed E-state index contributed by atoms with van der Waals surface area (Å²) < 4.78 is 32.8. The number of nitrogens with zero attached hydrogens (tertiary/aromatic N) is 2. The second-order valence-corrected chi connectivity index (χ2v) is 10.4. The second-order valence-electron chi connectivity index (χ2n) is 7.90. The molecule has 0 radical (unpaired) electrons. The van der Waals surface area contributed by atoms with E-state index in [-0.39, 0.29) is 36.1 Å². The average molecular weight is 469 g/mol. The Kier molecular flexibility index (Phi) is 9.93. The molecule has 6 nitrogen and oxygen atoms in total. The molecule has 0 amide bonds. The maximum absolute atomic E-state index is 12.9. The van der Waals surface area contributed by atoms with Gasteiger partial charge in [-0.3, -0.25) is 4.90 Å². The van der Waals surface area contributed by atoms with Gasteiger partial charge >= 0.3 is 0 Å². The number of halogens is 1. The molecule has 172 valence electrons. The van der Waals surface area contributed by atoms with Crippen molar-refractivity contribution in [2.75, 3.05) is 33.9 Å². The Morgan fingerprint density at radius 1 is 1.03 bits per heavy atom. The Hall–Kier alpha value is -1.48. The predicted molar refractivity (Wildman–Crippen MR) is 125 cm³/mol. The SMILES string of the molecule is CO[C@H](CN(C)S(=O)(=O)c1ccccc1)[C@H](C)CN(Cc1ccccc1Cl)[C@@H](C)CO. The number of likely N-dealkylation sites (N-methyl/N-ethyl adjacent to an activating group) is 1. The number of hydrogen-bond donors (Lipinski definition) is 1. The van der Waals surface area contributed by atoms with Crippen LogP contribution in [0.5, 0.6) is 0 Å². The van der Waals surface area contributed by atoms with E-state index in [4.69, 9.17) is 16.3 Å². The van der Waals surface area contributed by atoms with Crippen LogP contribution < -0.4 is 0 Å². The summed E-state index contributed by atoms with van der Waals surface area (Å²) >= 11 is 6.33. The second kappa shape index (κ2) is 11.9. The van der Waals surface area contributed by atoms with Gasteiger partial charge in [0, 0.05) is 44.9 Å². The van der Waals surface area contributed by atoms with Crippen molar-refractivity contribution < 1.29 is 18.3 Å². The lowest BCUT2D eigenvalue weighted by molar-refractivity contribution is 0.0194. The minimum Gasteiger partial charge on any atom is -0.395 e. The fraction of sp³-hybridized carbons (Fsp3) is 0.478. The first-order valence-electron chi connectivity index (χ1n) is 10.3. The monoisotopic (exact) mass is 468 g/mol. The molecule has 0 saturated carbocycles. The van der Waals surface area contributed by atoms with Gasteiger partial charge in [-0.05, 0) is 36.6 Å². The highest BCUT2D eigenvalue weighted by Crippen LogP contribution is 2.22. The molecule has 0 aliphatic carbocycles. The van der Waals surface area contributed by atoms with Crippen LogP contribution in [0.15, 0.2) is 59.5 Å². The van der Waals surface area contributed by atoms with Crippen molar-refractivity contribution in [2.45, 2.75) is 37.4 Å². The topological polar surface area (TPSA) is 70.1 Å². The third-order valence-corrected chi connectivity index (χ3v) is 7.77. The molecule has 0 unspecified atom stereocenters. The molecule has 2 rings (SSSR count). The van der Waals surface area contributed by atoms with Crippen LogP contribution in [0.2, 0.25) is 5.02 Å². The summed E-state index contributed by atoms with van der Waals surface area (Å²) in [6.07, 6.45) is -0.317. The number of methoxy groups -OCH3 is 1. The predicted octanol–water partition coefficient (Wildman–Crippen LogP) is 3.49. The number of aliphatic hydroxyl groups excluding tert-OH is 1. The van der Waals surface area contributed by atoms with Crippen molar-refractivity contribution in [3.63, 3.8) is 0 Å². The average Bonchev–Trinajstić information content (AvgIpc) is 2.78. The van der Waals surface area contributed by atoms with Gasteiger partial charge < -0.3 is 9.84 Å². The van der Waals surface area contributed by atoms with Gasteiger partial charge in [0.2, 0.25) is 10.0 Å². The van der Waals surface area contributed by atoms with Crippen LogP contribution in [0.1, 0.15) is 19.4 Å². The Balaban J connectivity index is 2.11. The van der Waals surface area contributed by atoms with E-state index in [1.54, 1.807) is 44.5 Å². The summed E-state index contributed by atoms with van der Waals surface area (Å²) in [5.41, 5.74) is 0.981. The van der Waals surface area contributed by atoms with Crippen LogP contribution >= 0.6 is 11.6 Å². The van der Waals surface area contributed by atoms with Crippen molar-refractivity contribution in [3.05, 3.63) is 65.2 Å². The summed E-state index contributed by atoms with van der Waals surface area (Å²) in [4.78, 5) is 2.40. The molecule has 3 atom stereocenters. The Bertz CT molecular complexity index is 911. The zero-order valence-corrected chi connectivity index (χ0v) is 20.2. The minimum atomic E-state index is -3.60. The van der Waals surface area contributed by atoms with Gasteiger partial charge in [0.1, 0.15) is 0 Å². The largest absolute Gasteiger partial charge is 0.395 e. The smallest absolute Gasteiger partial charge is 0.242 e. The summed E-state index contributed by atoms with van der Waals surface area (Å²) in [5.74, 6) is 0.00918. The van der Waals surface area contributed by atoms with Crippen LogP contribution in [-0.2, 0) is 21.3 Å². The Labute approximate surface area is 191 Å². The van der Waals surface area contributed by atoms with Crippen molar-refractivity contribution in [3.8, 4) is 0 Å². The van der Waals surface area contributed by atoms with Gasteiger partial charge in [0.25, 0.3) is 0 Å². The first-order valence-corrected chi connectivity index (χ1v) is 12.1. The first kappa shape index (κ1) is 25.8. The van der Waals surface area contributed by atoms with E-state index in [2.05, 4.69) is 4.90 Å². The van der Waals surface area contributed by atoms with Crippen molar-refractivity contribution in [1.82, 2.24) is 9.21 Å². The maximum atomic E-state index is 12.9. The number of aliphatic hydroxyl groups is 1. The van der Waals surface area contributed by atoms with Gasteiger partial charge in [-0.1, -0.05) is 54.9 Å². The van der Waals surface area contributed by atoms with Crippen LogP contribution in [0.3, 0.4) is 0 Å². The maximum Gasteiger partial charge on any atom is 0.242 e. The molecule has 0 aliphatic rings. The van der Waals surface area contributed by atoms with E-state index in [0.717, 1.165) is 5.56 Å². The van der Waals surface area contributed by atoms with E-state index >= 15 is 0 Å². The zero-order valence-electron chi connectivity index (χ0n) is 18.6. The van der Waals surface area contributed by atoms with E-state index < -0.39 is 10.0 Å². The van der Waals surface area contributed by atoms with Crippen LogP contribution in [-0.4, -0.2) is 68.7 Å². The van der Waals surface area contributed by atoms with Gasteiger partial charge in [-0.25, -0.2) is 8.42 Å². The molecule has 0 fully saturated rings. The number of hydrogen-bond acceptors (Lipinski definition) is 5. The van der Waals surface area contributed by atoms with Gasteiger partial charge in [-0.15, -0.1) is 0 Å². The summed E-state index contributed by atoms with van der Waals surface area (Å²) in [6, 6.07) is 15.9. The van der Waals surface area contributed by atoms with Crippen LogP contribution in [0, 0.1) is 5.92 Å². The number of sulfonamides is 1. The molecule has 0 aliphatic heterocycles. The fourth-order valence-corrected chi connectivity index (χ4v) is 4.86. The first-order chi connectivity index (χ1) is 14.7. The van der Waals surface area contributed by atoms with Gasteiger partial charge in [0.15, 0.2) is 0 Å². The lowest BCUT2D eigenvalue weighted by Gasteiger charge is -2.34. The van der Waals surface area contributed by atoms with Gasteiger partial charge in [-0.2, -0.15) is 4.31 Å². The zero-order chi connectivity index (χ0) is 23.0. The highest BCUT2D eigenvalue weighted by molar-refractivity contribution is 7.89. The fourth-order valence-electron chi connectivity index (χ4n) is 3.46. The summed E-state index contributed by atoms with van der Waals surface area (Å²) in [6.45, 7) is 5.42. The Morgan fingerprint density at radius 3 is 2.23 bits per heavy atom. The highest BCUT2D eigenvalue weighted by Gasteiger charge is 2.28. The highest BCUT2D eigenvalue weighted by atomic mass is 35.5. The molecule has 0 saturated heterocycles. The lowest BCUT2D eigenvalue weighted by Crippen LogP contribution is -2.44. The van der Waals surface area contributed by atoms with Crippen molar-refractivity contribution in [2.24, 2.45) is 5.92 Å². The van der Waals surface area contributed by atoms with Crippen LogP contribution in [0.25, 0.3) is 0 Å². The number of rotatable bonds is 12. The molecule has 31 heavy (non-hydrogen) atoms. The molecule has 0 heterocycles. The van der Waals surface area contributed by atoms with E-state index in [0.29, 0.717) is 18.1 Å². The molecule has 0 spiro atoms. The van der Waals surface area contributed by atoms with Crippen molar-refractivity contribution >= 4 is 21.6 Å². The van der Waals surface area contributed by atoms with E-state index in [9.17, 15) is 13.5 Å². The van der Waals surface area contributed by atoms with Crippen molar-refractivity contribution in [1.29, 1.82) is 0 Å². The minimum absolute atomic E-state index is 0.00918. The molecule has 0 bridgehead atoms. The van der Waals surface area contributed by atoms with Crippen LogP contribution in [0.4, 0.5) is 0 Å². The molecule has 0 aromatic heterocycles. The number of benzene rings is 2. The van der Waals surface area contributed by atoms with E-state index in [1.807, 2.05) is 38.1 Å². The summed E-state index contributed by atoms with van der Waals surface area (Å²) in [5, 5.41) is 10.4. The summed E-state index contributed by atoms with van der Waals surface area (Å²) in [7, 11) is -0.435. The molecular formula is C23H33ClN2O4S. The molecule has 8 heteroatoms. The lowest BCUT2D eigenvalue weighted by atomic mass is 10.0. The standard InChI is InChI=1S/C23H33ClN2O4S/c1-18(14-26(19(2)17-27)15-20-10-8-9-13-22(20)24)23(30-4)16-25(3)31(28,29)21-11-6-5-7-12-21/h5-13,18-19,23,27H,14-17H2,1-4H3/t18-,19+,23-/m1/s1. The quantitative estimate of drug-likeness (QED) is 0.516. The molecule has 2 aromatic rings. The normalized spacial score (nSPS) is 15.2. The third kappa shape index (κ3) is 7.00. The Morgan fingerprint density at radius 2 is 1.65 bits per heavy atom. The van der Waals surface area contributed by atoms with E-state index in [1.165, 1.54) is 4.31 Å². The van der Waals surface area contributed by atoms with Gasteiger partial charge in [0.05, 0.1) is 17.6 Å². The molecule has 1 N–H and O–H groups in total. The third-order valence-electron chi connectivity index (χ3n) is 5.57. The molecular weight excluding hydrogens is 436 g/mol. The number of ether oxygens (including phenoxy) is 1.